The molecule has 1 atom stereocenters. The average Bonchev–Trinajstić information content (AvgIpc) is 2.02. The highest BCUT2D eigenvalue weighted by Crippen LogP contribution is 2.44. The first-order valence-corrected chi connectivity index (χ1v) is 8.15. The quantitative estimate of drug-likeness (QED) is 0.650. The average molecular weight is 229 g/mol. The molecule has 0 heterocycles. The summed E-state index contributed by atoms with van der Waals surface area (Å²) in [5.41, 5.74) is 1.89. The molecule has 1 unspecified atom stereocenters. The Bertz CT molecular complexity index is 178. The van der Waals surface area contributed by atoms with E-state index in [2.05, 4.69) is 41.5 Å². The largest absolute Gasteiger partial charge is 0.458 e. The molecule has 0 rings (SSSR count). The molecule has 0 N–H and O–H groups in total. The van der Waals surface area contributed by atoms with Gasteiger partial charge in [-0.15, -0.1) is 0 Å². The van der Waals surface area contributed by atoms with Gasteiger partial charge in [-0.1, -0.05) is 41.5 Å². The Labute approximate surface area is 95.4 Å². The minimum absolute atomic E-state index is 0.0509. The smallest absolute Gasteiger partial charge is 0.417 e. The molecular formula is C12H25O2Si. The lowest BCUT2D eigenvalue weighted by Gasteiger charge is -2.46. The molecule has 89 valence electrons. The standard InChI is InChI=1S/C12H25O2Si/c1-9(2)15(10(3)4,11(5)6)12(7)14-8-13/h9-12H,1-7H3. The molecule has 3 heteroatoms. The van der Waals surface area contributed by atoms with Crippen molar-refractivity contribution in [3.8, 4) is 0 Å². The second-order valence-electron chi connectivity index (χ2n) is 5.31. The third-order valence-electron chi connectivity index (χ3n) is 3.93. The zero-order chi connectivity index (χ0) is 12.2. The Morgan fingerprint density at radius 1 is 0.867 bits per heavy atom. The van der Waals surface area contributed by atoms with Crippen LogP contribution in [0.1, 0.15) is 48.5 Å². The molecule has 0 amide bonds. The van der Waals surface area contributed by atoms with E-state index in [-0.39, 0.29) is 5.73 Å². The van der Waals surface area contributed by atoms with Gasteiger partial charge in [-0.05, 0) is 23.5 Å². The van der Waals surface area contributed by atoms with Crippen molar-refractivity contribution < 1.29 is 9.53 Å². The topological polar surface area (TPSA) is 26.3 Å². The first-order valence-electron chi connectivity index (χ1n) is 5.84. The van der Waals surface area contributed by atoms with Gasteiger partial charge in [0, 0.05) is 0 Å². The Balaban J connectivity index is 5.21. The van der Waals surface area contributed by atoms with Crippen molar-refractivity contribution in [2.24, 2.45) is 0 Å². The van der Waals surface area contributed by atoms with Gasteiger partial charge in [0.25, 0.3) is 0 Å². The van der Waals surface area contributed by atoms with Gasteiger partial charge in [-0.25, -0.2) is 4.79 Å². The lowest BCUT2D eigenvalue weighted by molar-refractivity contribution is 0.245. The van der Waals surface area contributed by atoms with Gasteiger partial charge in [-0.2, -0.15) is 0 Å². The molecule has 0 saturated heterocycles. The summed E-state index contributed by atoms with van der Waals surface area (Å²) < 4.78 is 5.15. The number of hydrogen-bond acceptors (Lipinski definition) is 2. The molecule has 0 spiro atoms. The zero-order valence-electron chi connectivity index (χ0n) is 11.1. The molecule has 0 aromatic rings. The van der Waals surface area contributed by atoms with Crippen LogP contribution in [0.3, 0.4) is 0 Å². The van der Waals surface area contributed by atoms with E-state index in [4.69, 9.17) is 4.74 Å². The van der Waals surface area contributed by atoms with E-state index in [0.717, 1.165) is 0 Å². The fraction of sp³-hybridized carbons (Fsp3) is 0.917. The summed E-state index contributed by atoms with van der Waals surface area (Å²) >= 11 is 0. The summed E-state index contributed by atoms with van der Waals surface area (Å²) in [6.45, 7) is 17.2. The van der Waals surface area contributed by atoms with Crippen molar-refractivity contribution in [1.29, 1.82) is 0 Å². The van der Waals surface area contributed by atoms with E-state index in [1.807, 2.05) is 6.92 Å². The van der Waals surface area contributed by atoms with Crippen LogP contribution in [0.2, 0.25) is 16.6 Å². The van der Waals surface area contributed by atoms with E-state index in [9.17, 15) is 4.79 Å². The Hall–Kier alpha value is -0.313. The zero-order valence-corrected chi connectivity index (χ0v) is 12.1. The van der Waals surface area contributed by atoms with E-state index in [1.54, 1.807) is 6.47 Å². The van der Waals surface area contributed by atoms with Gasteiger partial charge in [0.05, 0.1) is 5.73 Å². The second kappa shape index (κ2) is 5.68. The molecule has 1 radical (unpaired) electrons. The Morgan fingerprint density at radius 3 is 1.40 bits per heavy atom. The van der Waals surface area contributed by atoms with E-state index in [0.29, 0.717) is 16.6 Å². The predicted molar refractivity (Wildman–Crippen MR) is 67.3 cm³/mol. The molecule has 0 aliphatic carbocycles. The number of ether oxygens (including phenoxy) is 1. The first-order chi connectivity index (χ1) is 6.81. The monoisotopic (exact) mass is 229 g/mol. The molecule has 0 aromatic carbocycles. The molecule has 0 fully saturated rings. The lowest BCUT2D eigenvalue weighted by atomic mass is 10.5. The van der Waals surface area contributed by atoms with Crippen molar-refractivity contribution in [3.05, 3.63) is 0 Å². The van der Waals surface area contributed by atoms with Crippen molar-refractivity contribution in [2.75, 3.05) is 0 Å². The summed E-state index contributed by atoms with van der Waals surface area (Å²) in [4.78, 5) is 10.4. The Kier molecular flexibility index (Phi) is 5.57. The summed E-state index contributed by atoms with van der Waals surface area (Å²) in [6, 6.07) is 0. The third kappa shape index (κ3) is 2.62. The van der Waals surface area contributed by atoms with Crippen LogP contribution in [-0.4, -0.2) is 20.3 Å². The van der Waals surface area contributed by atoms with Crippen molar-refractivity contribution in [2.45, 2.75) is 70.8 Å². The lowest BCUT2D eigenvalue weighted by Crippen LogP contribution is -2.55. The molecule has 0 bridgehead atoms. The SMILES string of the molecule is CC(C)[Si](C(C)C)(C(C)C)C(C)O[C]=O. The third-order valence-corrected chi connectivity index (χ3v) is 11.5. The van der Waals surface area contributed by atoms with Crippen LogP contribution in [0.4, 0.5) is 0 Å². The molecule has 0 aromatic heterocycles. The van der Waals surface area contributed by atoms with Crippen LogP contribution >= 0.6 is 0 Å². The van der Waals surface area contributed by atoms with Gasteiger partial charge < -0.3 is 4.74 Å². The maximum atomic E-state index is 10.4. The maximum Gasteiger partial charge on any atom is 0.417 e. The van der Waals surface area contributed by atoms with Crippen LogP contribution in [0.15, 0.2) is 0 Å². The molecular weight excluding hydrogens is 204 g/mol. The summed E-state index contributed by atoms with van der Waals surface area (Å²) in [5.74, 6) is 0. The summed E-state index contributed by atoms with van der Waals surface area (Å²) in [6.07, 6.45) is 0. The molecule has 15 heavy (non-hydrogen) atoms. The van der Waals surface area contributed by atoms with Crippen LogP contribution in [-0.2, 0) is 9.53 Å². The summed E-state index contributed by atoms with van der Waals surface area (Å²) in [5, 5.41) is 0. The Morgan fingerprint density at radius 2 is 1.20 bits per heavy atom. The van der Waals surface area contributed by atoms with Crippen molar-refractivity contribution in [3.63, 3.8) is 0 Å². The van der Waals surface area contributed by atoms with Crippen LogP contribution in [0.25, 0.3) is 0 Å². The predicted octanol–water partition coefficient (Wildman–Crippen LogP) is 3.68. The highest BCUT2D eigenvalue weighted by atomic mass is 28.3. The summed E-state index contributed by atoms with van der Waals surface area (Å²) in [7, 11) is -1.64. The molecule has 0 saturated carbocycles. The normalized spacial score (nSPS) is 14.8. The van der Waals surface area contributed by atoms with Crippen LogP contribution < -0.4 is 0 Å². The van der Waals surface area contributed by atoms with Crippen molar-refractivity contribution in [1.82, 2.24) is 0 Å². The fourth-order valence-electron chi connectivity index (χ4n) is 3.58. The second-order valence-corrected chi connectivity index (χ2v) is 11.6. The minimum atomic E-state index is -1.64. The van der Waals surface area contributed by atoms with Gasteiger partial charge in [0.2, 0.25) is 0 Å². The first kappa shape index (κ1) is 14.7. The minimum Gasteiger partial charge on any atom is -0.458 e. The maximum absolute atomic E-state index is 10.4. The van der Waals surface area contributed by atoms with Gasteiger partial charge in [-0.3, -0.25) is 0 Å². The van der Waals surface area contributed by atoms with Gasteiger partial charge >= 0.3 is 6.47 Å². The highest BCUT2D eigenvalue weighted by Gasteiger charge is 2.48. The van der Waals surface area contributed by atoms with E-state index < -0.39 is 8.07 Å². The number of hydrogen-bond donors (Lipinski definition) is 0. The van der Waals surface area contributed by atoms with E-state index in [1.165, 1.54) is 0 Å². The van der Waals surface area contributed by atoms with E-state index >= 15 is 0 Å². The molecule has 0 aliphatic heterocycles. The highest BCUT2D eigenvalue weighted by molar-refractivity contribution is 6.84. The van der Waals surface area contributed by atoms with Crippen LogP contribution in [0, 0.1) is 0 Å². The van der Waals surface area contributed by atoms with Crippen molar-refractivity contribution >= 4 is 14.5 Å². The number of carbonyl (C=O) groups excluding carboxylic acids is 1. The van der Waals surface area contributed by atoms with Gasteiger partial charge in [0.1, 0.15) is 8.07 Å². The molecule has 0 aliphatic rings. The van der Waals surface area contributed by atoms with Crippen LogP contribution in [0.5, 0.6) is 0 Å². The van der Waals surface area contributed by atoms with Gasteiger partial charge in [0.15, 0.2) is 0 Å². The fourth-order valence-corrected chi connectivity index (χ4v) is 10.7. The number of rotatable bonds is 6. The molecule has 2 nitrogen and oxygen atoms in total.